The minimum Gasteiger partial charge on any atom is -0.261 e. The smallest absolute Gasteiger partial charge is 0.0558 e. The molecule has 0 N–H and O–H groups in total. The molecule has 0 aliphatic heterocycles. The number of hydrogen-bond donors (Lipinski definition) is 0. The Kier molecular flexibility index (Phi) is 2.66. The summed E-state index contributed by atoms with van der Waals surface area (Å²) >= 11 is 0. The fourth-order valence-electron chi connectivity index (χ4n) is 0.850. The predicted molar refractivity (Wildman–Crippen MR) is 47.1 cm³/mol. The fourth-order valence-corrected chi connectivity index (χ4v) is 0.850. The van der Waals surface area contributed by atoms with Gasteiger partial charge in [0, 0.05) is 16.8 Å². The molecule has 0 amide bonds. The number of nitrogens with zero attached hydrogens (tertiary/aromatic N) is 4. The Morgan fingerprint density at radius 2 is 2.25 bits per heavy atom. The molecular weight excluding hydrogens is 152 g/mol. The molecule has 1 rings (SSSR count). The molecule has 1 heterocycles. The second-order valence-electron chi connectivity index (χ2n) is 2.79. The Bertz CT molecular complexity index is 295. The Hall–Kier alpha value is -1.54. The Morgan fingerprint density at radius 3 is 2.67 bits per heavy atom. The van der Waals surface area contributed by atoms with Gasteiger partial charge in [-0.25, -0.2) is 0 Å². The molecule has 0 saturated heterocycles. The minimum absolute atomic E-state index is 0.408. The van der Waals surface area contributed by atoms with Crippen LogP contribution >= 0.6 is 0 Å². The summed E-state index contributed by atoms with van der Waals surface area (Å²) in [6, 6.07) is 3.64. The molecule has 0 saturated carbocycles. The van der Waals surface area contributed by atoms with Gasteiger partial charge in [-0.3, -0.25) is 4.98 Å². The lowest BCUT2D eigenvalue weighted by Gasteiger charge is -2.02. The fraction of sp³-hybridized carbons (Fsp3) is 0.375. The molecule has 0 atom stereocenters. The molecule has 0 aliphatic rings. The lowest BCUT2D eigenvalue weighted by molar-refractivity contribution is 0.823. The number of pyridine rings is 1. The van der Waals surface area contributed by atoms with Crippen molar-refractivity contribution in [3.63, 3.8) is 0 Å². The lowest BCUT2D eigenvalue weighted by Crippen LogP contribution is -1.89. The molecule has 0 fully saturated rings. The zero-order chi connectivity index (χ0) is 8.97. The van der Waals surface area contributed by atoms with E-state index in [1.165, 1.54) is 0 Å². The third-order valence-corrected chi connectivity index (χ3v) is 1.52. The van der Waals surface area contributed by atoms with Gasteiger partial charge in [0.15, 0.2) is 0 Å². The predicted octanol–water partition coefficient (Wildman–Crippen LogP) is 3.15. The maximum atomic E-state index is 8.13. The van der Waals surface area contributed by atoms with E-state index >= 15 is 0 Å². The SMILES string of the molecule is CC(C)c1ccc(N=[N+]=[N-])cn1. The van der Waals surface area contributed by atoms with E-state index in [1.54, 1.807) is 12.3 Å². The van der Waals surface area contributed by atoms with Crippen LogP contribution in [0.25, 0.3) is 10.4 Å². The highest BCUT2D eigenvalue weighted by Gasteiger charge is 1.98. The average Bonchev–Trinajstić information content (AvgIpc) is 2.06. The minimum atomic E-state index is 0.408. The van der Waals surface area contributed by atoms with Gasteiger partial charge in [-0.15, -0.1) is 0 Å². The molecule has 1 aromatic heterocycles. The molecule has 4 heteroatoms. The topological polar surface area (TPSA) is 61.7 Å². The van der Waals surface area contributed by atoms with E-state index in [1.807, 2.05) is 6.07 Å². The first-order valence-electron chi connectivity index (χ1n) is 3.75. The van der Waals surface area contributed by atoms with Crippen LogP contribution in [-0.4, -0.2) is 4.98 Å². The van der Waals surface area contributed by atoms with E-state index in [9.17, 15) is 0 Å². The van der Waals surface area contributed by atoms with Gasteiger partial charge >= 0.3 is 0 Å². The van der Waals surface area contributed by atoms with Crippen LogP contribution in [0, 0.1) is 0 Å². The Balaban J connectivity index is 2.92. The van der Waals surface area contributed by atoms with E-state index in [0.717, 1.165) is 5.69 Å². The largest absolute Gasteiger partial charge is 0.261 e. The first-order valence-corrected chi connectivity index (χ1v) is 3.75. The van der Waals surface area contributed by atoms with Crippen LogP contribution in [0.1, 0.15) is 25.5 Å². The summed E-state index contributed by atoms with van der Waals surface area (Å²) in [5.74, 6) is 0.408. The highest BCUT2D eigenvalue weighted by Crippen LogP contribution is 2.15. The van der Waals surface area contributed by atoms with Crippen molar-refractivity contribution in [1.29, 1.82) is 0 Å². The number of azide groups is 1. The van der Waals surface area contributed by atoms with Crippen molar-refractivity contribution in [1.82, 2.24) is 4.98 Å². The summed E-state index contributed by atoms with van der Waals surface area (Å²) < 4.78 is 0. The van der Waals surface area contributed by atoms with Crippen LogP contribution in [0.15, 0.2) is 23.4 Å². The maximum absolute atomic E-state index is 8.13. The van der Waals surface area contributed by atoms with Gasteiger partial charge in [-0.05, 0) is 23.6 Å². The van der Waals surface area contributed by atoms with Gasteiger partial charge in [0.2, 0.25) is 0 Å². The monoisotopic (exact) mass is 162 g/mol. The molecular formula is C8H10N4. The molecule has 0 aromatic carbocycles. The van der Waals surface area contributed by atoms with Crippen LogP contribution in [0.2, 0.25) is 0 Å². The third-order valence-electron chi connectivity index (χ3n) is 1.52. The van der Waals surface area contributed by atoms with Crippen molar-refractivity contribution >= 4 is 5.69 Å². The summed E-state index contributed by atoms with van der Waals surface area (Å²) in [4.78, 5) is 6.80. The molecule has 4 nitrogen and oxygen atoms in total. The van der Waals surface area contributed by atoms with Gasteiger partial charge in [0.1, 0.15) is 0 Å². The zero-order valence-corrected chi connectivity index (χ0v) is 7.10. The number of aromatic nitrogens is 1. The maximum Gasteiger partial charge on any atom is 0.0558 e. The van der Waals surface area contributed by atoms with Crippen LogP contribution < -0.4 is 0 Å². The molecule has 0 spiro atoms. The van der Waals surface area contributed by atoms with Crippen molar-refractivity contribution in [3.8, 4) is 0 Å². The quantitative estimate of drug-likeness (QED) is 0.374. The normalized spacial score (nSPS) is 9.58. The lowest BCUT2D eigenvalue weighted by atomic mass is 10.1. The summed E-state index contributed by atoms with van der Waals surface area (Å²) in [7, 11) is 0. The zero-order valence-electron chi connectivity index (χ0n) is 7.10. The molecule has 0 bridgehead atoms. The highest BCUT2D eigenvalue weighted by atomic mass is 15.1. The highest BCUT2D eigenvalue weighted by molar-refractivity contribution is 5.34. The average molecular weight is 162 g/mol. The van der Waals surface area contributed by atoms with Crippen molar-refractivity contribution in [2.45, 2.75) is 19.8 Å². The number of hydrogen-bond acceptors (Lipinski definition) is 2. The van der Waals surface area contributed by atoms with Gasteiger partial charge in [0.25, 0.3) is 0 Å². The first kappa shape index (κ1) is 8.56. The first-order chi connectivity index (χ1) is 5.74. The Labute approximate surface area is 70.9 Å². The number of rotatable bonds is 2. The van der Waals surface area contributed by atoms with Gasteiger partial charge in [-0.1, -0.05) is 19.0 Å². The second-order valence-corrected chi connectivity index (χ2v) is 2.79. The standard InChI is InChI=1S/C8H10N4/c1-6(2)8-4-3-7(5-10-8)11-12-9/h3-6H,1-2H3. The summed E-state index contributed by atoms with van der Waals surface area (Å²) in [5, 5.41) is 3.43. The van der Waals surface area contributed by atoms with E-state index in [4.69, 9.17) is 5.53 Å². The van der Waals surface area contributed by atoms with Crippen LogP contribution in [0.5, 0.6) is 0 Å². The van der Waals surface area contributed by atoms with Crippen molar-refractivity contribution in [2.24, 2.45) is 5.11 Å². The molecule has 0 radical (unpaired) electrons. The van der Waals surface area contributed by atoms with Gasteiger partial charge in [-0.2, -0.15) is 0 Å². The molecule has 0 aliphatic carbocycles. The van der Waals surface area contributed by atoms with Crippen LogP contribution in [0.4, 0.5) is 5.69 Å². The molecule has 62 valence electrons. The van der Waals surface area contributed by atoms with Crippen molar-refractivity contribution < 1.29 is 0 Å². The van der Waals surface area contributed by atoms with Gasteiger partial charge < -0.3 is 0 Å². The van der Waals surface area contributed by atoms with Crippen LogP contribution in [0.3, 0.4) is 0 Å². The van der Waals surface area contributed by atoms with E-state index < -0.39 is 0 Å². The second kappa shape index (κ2) is 3.74. The van der Waals surface area contributed by atoms with Crippen molar-refractivity contribution in [3.05, 3.63) is 34.5 Å². The summed E-state index contributed by atoms with van der Waals surface area (Å²) in [5.41, 5.74) is 9.69. The van der Waals surface area contributed by atoms with Gasteiger partial charge in [0.05, 0.1) is 5.69 Å². The summed E-state index contributed by atoms with van der Waals surface area (Å²) in [6.07, 6.45) is 1.58. The van der Waals surface area contributed by atoms with Crippen molar-refractivity contribution in [2.75, 3.05) is 0 Å². The van der Waals surface area contributed by atoms with E-state index in [0.29, 0.717) is 11.6 Å². The van der Waals surface area contributed by atoms with Crippen LogP contribution in [-0.2, 0) is 0 Å². The molecule has 0 unspecified atom stereocenters. The molecule has 1 aromatic rings. The van der Waals surface area contributed by atoms with E-state index in [-0.39, 0.29) is 0 Å². The summed E-state index contributed by atoms with van der Waals surface area (Å²) in [6.45, 7) is 4.13. The molecule has 12 heavy (non-hydrogen) atoms. The van der Waals surface area contributed by atoms with E-state index in [2.05, 4.69) is 28.9 Å². The third kappa shape index (κ3) is 1.97. The Morgan fingerprint density at radius 1 is 1.50 bits per heavy atom.